The number of pyridine rings is 1. The molecule has 5 aromatic carbocycles. The molecule has 1 aliphatic rings. The minimum Gasteiger partial charge on any atom is -0.394 e. The van der Waals surface area contributed by atoms with Crippen molar-refractivity contribution in [3.63, 3.8) is 0 Å². The summed E-state index contributed by atoms with van der Waals surface area (Å²) in [6.07, 6.45) is 3.72. The molecule has 8 aromatic rings. The number of aromatic amines is 2. The minimum atomic E-state index is -1.84. The number of anilines is 6. The van der Waals surface area contributed by atoms with Gasteiger partial charge in [-0.2, -0.15) is 9.97 Å². The van der Waals surface area contributed by atoms with Crippen molar-refractivity contribution >= 4 is 117 Å². The van der Waals surface area contributed by atoms with Crippen molar-refractivity contribution in [3.05, 3.63) is 173 Å². The first kappa shape index (κ1) is 86.8. The van der Waals surface area contributed by atoms with Crippen molar-refractivity contribution in [1.82, 2.24) is 93.0 Å². The number of carbonyl (C=O) groups excluding carboxylic acids is 10. The van der Waals surface area contributed by atoms with Crippen LogP contribution in [0.15, 0.2) is 140 Å². The third-order valence-corrected chi connectivity index (χ3v) is 19.7. The van der Waals surface area contributed by atoms with Crippen molar-refractivity contribution in [2.24, 2.45) is 11.7 Å². The molecule has 0 aliphatic carbocycles. The van der Waals surface area contributed by atoms with E-state index in [1.165, 1.54) is 24.2 Å². The van der Waals surface area contributed by atoms with Gasteiger partial charge in [0.15, 0.2) is 0 Å². The molecule has 612 valence electrons. The van der Waals surface area contributed by atoms with Crippen molar-refractivity contribution in [2.75, 3.05) is 48.8 Å². The summed E-state index contributed by atoms with van der Waals surface area (Å²) in [6.45, 7) is 10.6. The number of benzene rings is 5. The van der Waals surface area contributed by atoms with E-state index in [0.29, 0.717) is 76.4 Å². The van der Waals surface area contributed by atoms with Crippen LogP contribution >= 0.6 is 11.6 Å². The second kappa shape index (κ2) is 42.1. The Morgan fingerprint density at radius 1 is 0.539 bits per heavy atom. The molecule has 0 radical (unpaired) electrons. The highest BCUT2D eigenvalue weighted by Gasteiger charge is 2.40. The zero-order valence-corrected chi connectivity index (χ0v) is 66.1. The van der Waals surface area contributed by atoms with Gasteiger partial charge in [-0.1, -0.05) is 110 Å². The van der Waals surface area contributed by atoms with Gasteiger partial charge in [0.1, 0.15) is 54.4 Å². The summed E-state index contributed by atoms with van der Waals surface area (Å²) in [5, 5.41) is 57.6. The number of unbranched alkanes of at least 4 members (excludes halogenated alkanes) is 1. The fourth-order valence-corrected chi connectivity index (χ4v) is 13.3. The summed E-state index contributed by atoms with van der Waals surface area (Å²) in [7, 11) is 1.99. The largest absolute Gasteiger partial charge is 0.394 e. The highest BCUT2D eigenvalue weighted by molar-refractivity contribution is 6.30. The maximum absolute atomic E-state index is 15.5. The number of nitrogens with two attached hydrogens (primary N) is 3. The van der Waals surface area contributed by atoms with Gasteiger partial charge in [0.05, 0.1) is 12.8 Å². The second-order valence-electron chi connectivity index (χ2n) is 29.5. The third kappa shape index (κ3) is 26.8. The number of nitrogens with one attached hydrogen (secondary N) is 13. The van der Waals surface area contributed by atoms with E-state index >= 15 is 28.8 Å². The zero-order chi connectivity index (χ0) is 82.8. The van der Waals surface area contributed by atoms with Gasteiger partial charge in [-0.3, -0.25) is 52.9 Å². The maximum Gasteiger partial charge on any atom is 0.248 e. The van der Waals surface area contributed by atoms with E-state index in [0.717, 1.165) is 10.8 Å². The molecular formula is C80H104ClN23O11. The van der Waals surface area contributed by atoms with Crippen LogP contribution in [0.5, 0.6) is 0 Å². The normalized spacial score (nSPS) is 15.0. The van der Waals surface area contributed by atoms with E-state index in [9.17, 15) is 24.3 Å². The summed E-state index contributed by atoms with van der Waals surface area (Å²) in [6, 6.07) is 24.1. The number of nitrogen functional groups attached to an aromatic ring is 2. The molecule has 10 amide bonds. The highest BCUT2D eigenvalue weighted by Crippen LogP contribution is 2.24. The Bertz CT molecular complexity index is 4610. The Morgan fingerprint density at radius 2 is 0.991 bits per heavy atom. The van der Waals surface area contributed by atoms with Crippen LogP contribution in [0.2, 0.25) is 5.02 Å². The quantitative estimate of drug-likeness (QED) is 0.0193. The van der Waals surface area contributed by atoms with Crippen molar-refractivity contribution in [3.8, 4) is 0 Å². The minimum absolute atomic E-state index is 0.0327. The fourth-order valence-electron chi connectivity index (χ4n) is 13.2. The van der Waals surface area contributed by atoms with Crippen LogP contribution in [0.4, 0.5) is 35.2 Å². The monoisotopic (exact) mass is 1600 g/mol. The number of rotatable bonds is 41. The zero-order valence-electron chi connectivity index (χ0n) is 65.4. The molecular weight excluding hydrogens is 1490 g/mol. The Labute approximate surface area is 671 Å². The Balaban J connectivity index is 1.00. The first-order chi connectivity index (χ1) is 55.0. The Kier molecular flexibility index (Phi) is 31.8. The van der Waals surface area contributed by atoms with Crippen LogP contribution < -0.4 is 75.7 Å². The molecule has 20 N–H and O–H groups in total. The molecule has 1 aliphatic heterocycles. The van der Waals surface area contributed by atoms with Gasteiger partial charge in [0.25, 0.3) is 0 Å². The first-order valence-electron chi connectivity index (χ1n) is 38.3. The van der Waals surface area contributed by atoms with Crippen molar-refractivity contribution in [1.29, 1.82) is 0 Å². The molecule has 0 saturated carbocycles. The molecule has 9 rings (SSSR count). The number of aliphatic hydroxyl groups excluding tert-OH is 1. The predicted molar refractivity (Wildman–Crippen MR) is 435 cm³/mol. The Morgan fingerprint density at radius 3 is 1.46 bits per heavy atom. The summed E-state index contributed by atoms with van der Waals surface area (Å²) < 4.78 is 0. The number of carbonyl (C=O) groups is 10. The van der Waals surface area contributed by atoms with Crippen LogP contribution in [0.1, 0.15) is 108 Å². The summed E-state index contributed by atoms with van der Waals surface area (Å²) >= 11 is 6.29. The van der Waals surface area contributed by atoms with E-state index in [1.807, 2.05) is 63.4 Å². The van der Waals surface area contributed by atoms with Gasteiger partial charge in [0, 0.05) is 80.4 Å². The Hall–Kier alpha value is -12.1. The lowest BCUT2D eigenvalue weighted by molar-refractivity contribution is -0.142. The molecule has 0 unspecified atom stereocenters. The molecule has 1 saturated heterocycles. The molecule has 0 bridgehead atoms. The smallest absolute Gasteiger partial charge is 0.248 e. The van der Waals surface area contributed by atoms with E-state index in [4.69, 9.17) is 28.8 Å². The number of hydrogen-bond donors (Lipinski definition) is 17. The number of H-pyrrole nitrogens is 2. The van der Waals surface area contributed by atoms with Crippen LogP contribution in [-0.4, -0.2) is 203 Å². The number of likely N-dealkylation sites (tertiary alicyclic amines) is 1. The molecule has 3 aromatic heterocycles. The molecule has 34 nitrogen and oxygen atoms in total. The number of hydrogen-bond acceptors (Lipinski definition) is 22. The van der Waals surface area contributed by atoms with Crippen LogP contribution in [-0.2, 0) is 80.0 Å². The first-order valence-corrected chi connectivity index (χ1v) is 38.7. The predicted octanol–water partition coefficient (Wildman–Crippen LogP) is 3.15. The van der Waals surface area contributed by atoms with E-state index in [2.05, 4.69) is 113 Å². The lowest BCUT2D eigenvalue weighted by atomic mass is 9.99. The number of aromatic nitrogens is 7. The average Bonchev–Trinajstić information content (AvgIpc) is 1.50. The van der Waals surface area contributed by atoms with E-state index in [-0.39, 0.29) is 87.2 Å². The molecule has 115 heavy (non-hydrogen) atoms. The second-order valence-corrected chi connectivity index (χ2v) is 29.9. The van der Waals surface area contributed by atoms with Crippen molar-refractivity contribution in [2.45, 2.75) is 179 Å². The highest BCUT2D eigenvalue weighted by atomic mass is 35.5. The van der Waals surface area contributed by atoms with Gasteiger partial charge < -0.3 is 90.6 Å². The SMILES string of the molecule is CC(=O)N[C@H](Cc1ccc2ccccc2c1)C(=O)N[C@H](Cc1ccc(Cl)cc1)C(=O)N[C@H](Cc1cccnc1)C(=O)N[C@@H](CO)C(=O)N[C@@H](Cc1ccc(Nc2n[nH]c(N)n2)cc1)C(=O)N[C@H](Cc1ccc(Nc2n[nH]c(N)n2)cc1)C(=O)N[C@@H](CC(C)C)C(=O)N[C@@H](CCCCN(C)C(C)C)C(=O)N1CCC[C@H]1C(=O)N[C@H](C)N. The van der Waals surface area contributed by atoms with Crippen LogP contribution in [0, 0.1) is 5.92 Å². The molecule has 1 fully saturated rings. The van der Waals surface area contributed by atoms with Gasteiger partial charge in [0.2, 0.25) is 82.9 Å². The maximum atomic E-state index is 15.5. The number of amides is 10. The number of fused-ring (bicyclic) bond motifs is 1. The third-order valence-electron chi connectivity index (χ3n) is 19.4. The lowest BCUT2D eigenvalue weighted by Crippen LogP contribution is -2.62. The summed E-state index contributed by atoms with van der Waals surface area (Å²) in [4.78, 5) is 163. The van der Waals surface area contributed by atoms with Gasteiger partial charge >= 0.3 is 0 Å². The summed E-state index contributed by atoms with van der Waals surface area (Å²) in [5.74, 6) is -7.41. The molecule has 35 heteroatoms. The summed E-state index contributed by atoms with van der Waals surface area (Å²) in [5.41, 5.74) is 21.2. The van der Waals surface area contributed by atoms with Gasteiger partial charge in [-0.05, 0) is 160 Å². The number of nitrogens with zero attached hydrogens (tertiary/aromatic N) is 7. The van der Waals surface area contributed by atoms with Gasteiger partial charge in [-0.15, -0.1) is 10.2 Å². The van der Waals surface area contributed by atoms with E-state index in [1.54, 1.807) is 91.9 Å². The fraction of sp³-hybridized carbons (Fsp3) is 0.412. The van der Waals surface area contributed by atoms with Crippen LogP contribution in [0.25, 0.3) is 10.8 Å². The molecule has 0 spiro atoms. The average molecular weight is 1600 g/mol. The topological polar surface area (TPSA) is 504 Å². The lowest BCUT2D eigenvalue weighted by Gasteiger charge is -2.31. The number of halogens is 1. The van der Waals surface area contributed by atoms with Crippen LogP contribution in [0.3, 0.4) is 0 Å². The number of aliphatic hydroxyl groups is 1. The molecule has 4 heterocycles. The standard InChI is InChI=1S/C80H104ClN23O11/c1-45(2)36-60(68(107)90-59(17-10-11-34-103(7)46(3)4)76(115)104-35-13-18-67(104)75(114)86-47(5)82)91-70(109)63(39-50-22-29-57(30-23-50)88-79-97-77(83)99-101-79)93-72(111)64(40-51-24-31-58(32-25-51)89-80-98-78(84)100-102-80)95-74(113)66(44-105)96-73(112)65(42-53-14-12-33-85-43-53)94-71(110)62(38-49-20-27-56(81)28-21-49)92-69(108)61(87-48(6)106)41-52-19-26-54-15-8-9-16-55(54)37-52/h8-9,12,14-16,19-33,37,43,45-47,59-67,105H,10-11,13,17-18,34-36,38-42,44,82H2,1-7H3,(H,86,114)(H,87,106)(H,90,107)(H,91,109)(H,92,108)(H,93,111)(H,94,110)(H,95,113)(H,96,112)(H4,83,88,97,99,101)(H4,84,89,98,100,102)/t47-,59+,60+,61-,62-,63-,64+,65-,66+,67+/m1/s1. The molecule has 10 atom stereocenters. The van der Waals surface area contributed by atoms with Gasteiger partial charge in [-0.25, -0.2) is 10.2 Å². The van der Waals surface area contributed by atoms with Crippen molar-refractivity contribution < 1.29 is 53.1 Å². The van der Waals surface area contributed by atoms with E-state index < -0.39 is 126 Å².